The van der Waals surface area contributed by atoms with E-state index >= 15 is 0 Å². The maximum atomic E-state index is 2.57. The predicted octanol–water partition coefficient (Wildman–Crippen LogP) is 16.6. The fourth-order valence-corrected chi connectivity index (χ4v) is 12.1. The average molecular weight is 786 g/mol. The molecule has 60 heavy (non-hydrogen) atoms. The van der Waals surface area contributed by atoms with E-state index in [4.69, 9.17) is 0 Å². The molecule has 0 fully saturated rings. The fraction of sp³-hybridized carbons (Fsp3) is 0.103. The molecule has 1 nitrogen and oxygen atoms in total. The Labute approximate surface area is 355 Å². The second-order valence-electron chi connectivity index (χ2n) is 17.6. The van der Waals surface area contributed by atoms with Crippen LogP contribution in [0.5, 0.6) is 0 Å². The number of hydrogen-bond donors (Lipinski definition) is 0. The Hall–Kier alpha value is -6.74. The normalized spacial score (nSPS) is 14.3. The molecule has 0 aliphatic heterocycles. The van der Waals surface area contributed by atoms with Crippen molar-refractivity contribution in [2.45, 2.75) is 38.5 Å². The molecule has 0 atom stereocenters. The van der Waals surface area contributed by atoms with Gasteiger partial charge in [0.1, 0.15) is 0 Å². The molecular formula is C58H43NS. The molecule has 1 aromatic heterocycles. The zero-order chi connectivity index (χ0) is 40.3. The largest absolute Gasteiger partial charge is 0.309 e. The zero-order valence-electron chi connectivity index (χ0n) is 34.3. The van der Waals surface area contributed by atoms with Gasteiger partial charge in [-0.25, -0.2) is 0 Å². The van der Waals surface area contributed by atoms with E-state index in [1.807, 2.05) is 11.3 Å². The Kier molecular flexibility index (Phi) is 7.56. The molecule has 0 radical (unpaired) electrons. The highest BCUT2D eigenvalue weighted by molar-refractivity contribution is 7.26. The van der Waals surface area contributed by atoms with Gasteiger partial charge in [-0.05, 0) is 96.9 Å². The summed E-state index contributed by atoms with van der Waals surface area (Å²) >= 11 is 1.89. The minimum Gasteiger partial charge on any atom is -0.309 e. The summed E-state index contributed by atoms with van der Waals surface area (Å²) in [6, 6.07) is 70.5. The zero-order valence-corrected chi connectivity index (χ0v) is 35.1. The number of nitrogens with zero attached hydrogens (tertiary/aromatic N) is 1. The van der Waals surface area contributed by atoms with Crippen LogP contribution in [0.1, 0.15) is 49.9 Å². The lowest BCUT2D eigenvalue weighted by Gasteiger charge is -2.33. The van der Waals surface area contributed by atoms with Crippen molar-refractivity contribution in [2.24, 2.45) is 0 Å². The number of rotatable bonds is 5. The number of hydrogen-bond acceptors (Lipinski definition) is 2. The van der Waals surface area contributed by atoms with Crippen LogP contribution in [0.15, 0.2) is 188 Å². The number of benzene rings is 9. The first kappa shape index (κ1) is 35.2. The van der Waals surface area contributed by atoms with E-state index in [2.05, 4.69) is 221 Å². The van der Waals surface area contributed by atoms with Crippen LogP contribution in [0.4, 0.5) is 17.1 Å². The number of fused-ring (bicyclic) bond motifs is 11. The summed E-state index contributed by atoms with van der Waals surface area (Å²) in [5.74, 6) is 0. The predicted molar refractivity (Wildman–Crippen MR) is 258 cm³/mol. The van der Waals surface area contributed by atoms with Crippen LogP contribution in [0.3, 0.4) is 0 Å². The van der Waals surface area contributed by atoms with Gasteiger partial charge in [-0.3, -0.25) is 0 Å². The molecule has 12 rings (SSSR count). The molecule has 286 valence electrons. The molecule has 0 spiro atoms. The Morgan fingerprint density at radius 3 is 1.75 bits per heavy atom. The highest BCUT2D eigenvalue weighted by Crippen LogP contribution is 2.60. The molecule has 0 N–H and O–H groups in total. The molecule has 0 saturated heterocycles. The molecular weight excluding hydrogens is 743 g/mol. The monoisotopic (exact) mass is 785 g/mol. The SMILES string of the molecule is CC1(C)c2ccccc2-c2ccc(N(c3ccc(-c4cccc5c4sc4ccccc45)cc3)c3c(-c4ccccc4)c4c(c5ccccc35)C(C)(C)c3ccccc3-4)cc21. The van der Waals surface area contributed by atoms with Crippen LogP contribution in [0.25, 0.3) is 75.5 Å². The highest BCUT2D eigenvalue weighted by atomic mass is 32.1. The van der Waals surface area contributed by atoms with Gasteiger partial charge in [0, 0.05) is 53.3 Å². The van der Waals surface area contributed by atoms with Gasteiger partial charge < -0.3 is 4.90 Å². The molecule has 2 heteroatoms. The summed E-state index contributed by atoms with van der Waals surface area (Å²) in [4.78, 5) is 2.57. The van der Waals surface area contributed by atoms with Gasteiger partial charge in [-0.2, -0.15) is 0 Å². The highest BCUT2D eigenvalue weighted by Gasteiger charge is 2.41. The number of thiophene rings is 1. The molecule has 0 saturated carbocycles. The number of anilines is 3. The fourth-order valence-electron chi connectivity index (χ4n) is 10.8. The van der Waals surface area contributed by atoms with E-state index in [9.17, 15) is 0 Å². The van der Waals surface area contributed by atoms with Gasteiger partial charge >= 0.3 is 0 Å². The van der Waals surface area contributed by atoms with E-state index in [0.717, 1.165) is 11.4 Å². The standard InChI is InChI=1S/C58H43NS/c1-57(2)48-26-13-10-19-41(48)42-34-33-39(35-50(42)57)59(38-31-29-36(30-32-38)40-24-16-25-46-43-20-12-15-28-51(43)60-56(40)46)55-45-22-9-8-21-44(45)54-53(52(55)37-17-6-5-7-18-37)47-23-11-14-27-49(47)58(54,3)4/h5-35H,1-4H3. The second-order valence-corrected chi connectivity index (χ2v) is 18.7. The Balaban J connectivity index is 1.16. The molecule has 2 aliphatic carbocycles. The molecule has 10 aromatic rings. The van der Waals surface area contributed by atoms with Crippen LogP contribution < -0.4 is 4.90 Å². The third kappa shape index (κ3) is 4.92. The van der Waals surface area contributed by atoms with Crippen LogP contribution in [0, 0.1) is 0 Å². The topological polar surface area (TPSA) is 3.24 Å². The van der Waals surface area contributed by atoms with Gasteiger partial charge in [-0.15, -0.1) is 11.3 Å². The van der Waals surface area contributed by atoms with Crippen molar-refractivity contribution >= 4 is 59.3 Å². The van der Waals surface area contributed by atoms with E-state index in [0.29, 0.717) is 0 Å². The minimum absolute atomic E-state index is 0.147. The van der Waals surface area contributed by atoms with Crippen LogP contribution >= 0.6 is 11.3 Å². The lowest BCUT2D eigenvalue weighted by Crippen LogP contribution is -2.18. The molecule has 0 amide bonds. The third-order valence-corrected chi connectivity index (χ3v) is 14.9. The lowest BCUT2D eigenvalue weighted by atomic mass is 9.78. The maximum Gasteiger partial charge on any atom is 0.0624 e. The first-order valence-corrected chi connectivity index (χ1v) is 21.9. The molecule has 2 aliphatic rings. The van der Waals surface area contributed by atoms with Gasteiger partial charge in [0.2, 0.25) is 0 Å². The van der Waals surface area contributed by atoms with Crippen LogP contribution in [0.2, 0.25) is 0 Å². The summed E-state index contributed by atoms with van der Waals surface area (Å²) in [5, 5.41) is 5.19. The van der Waals surface area contributed by atoms with Gasteiger partial charge in [0.15, 0.2) is 0 Å². The Bertz CT molecular complexity index is 3370. The minimum atomic E-state index is -0.183. The molecule has 0 unspecified atom stereocenters. The van der Waals surface area contributed by atoms with E-state index in [-0.39, 0.29) is 10.8 Å². The smallest absolute Gasteiger partial charge is 0.0624 e. The van der Waals surface area contributed by atoms with Crippen molar-refractivity contribution in [2.75, 3.05) is 4.90 Å². The quantitative estimate of drug-likeness (QED) is 0.168. The van der Waals surface area contributed by atoms with E-state index < -0.39 is 0 Å². The molecule has 1 heterocycles. The first-order valence-electron chi connectivity index (χ1n) is 21.1. The van der Waals surface area contributed by atoms with Crippen molar-refractivity contribution in [3.8, 4) is 44.5 Å². The van der Waals surface area contributed by atoms with Crippen molar-refractivity contribution in [1.29, 1.82) is 0 Å². The summed E-state index contributed by atoms with van der Waals surface area (Å²) < 4.78 is 2.66. The van der Waals surface area contributed by atoms with Crippen molar-refractivity contribution in [3.63, 3.8) is 0 Å². The first-order chi connectivity index (χ1) is 29.3. The van der Waals surface area contributed by atoms with Crippen molar-refractivity contribution in [3.05, 3.63) is 210 Å². The van der Waals surface area contributed by atoms with Gasteiger partial charge in [-0.1, -0.05) is 185 Å². The summed E-state index contributed by atoms with van der Waals surface area (Å²) in [6.45, 7) is 9.58. The Morgan fingerprint density at radius 1 is 0.383 bits per heavy atom. The van der Waals surface area contributed by atoms with E-state index in [1.54, 1.807) is 0 Å². The van der Waals surface area contributed by atoms with Crippen LogP contribution in [-0.4, -0.2) is 0 Å². The van der Waals surface area contributed by atoms with Gasteiger partial charge in [0.25, 0.3) is 0 Å². The summed E-state index contributed by atoms with van der Waals surface area (Å²) in [7, 11) is 0. The Morgan fingerprint density at radius 2 is 0.967 bits per heavy atom. The average Bonchev–Trinajstić information content (AvgIpc) is 3.87. The molecule has 9 aromatic carbocycles. The van der Waals surface area contributed by atoms with Crippen LogP contribution in [-0.2, 0) is 10.8 Å². The van der Waals surface area contributed by atoms with Crippen molar-refractivity contribution in [1.82, 2.24) is 0 Å². The van der Waals surface area contributed by atoms with Crippen molar-refractivity contribution < 1.29 is 0 Å². The van der Waals surface area contributed by atoms with Gasteiger partial charge in [0.05, 0.1) is 5.69 Å². The lowest BCUT2D eigenvalue weighted by molar-refractivity contribution is 0.660. The maximum absolute atomic E-state index is 2.57. The second kappa shape index (κ2) is 12.9. The van der Waals surface area contributed by atoms with E-state index in [1.165, 1.54) is 103 Å². The third-order valence-electron chi connectivity index (χ3n) is 13.6. The molecule has 0 bridgehead atoms. The summed E-state index contributed by atoms with van der Waals surface area (Å²) in [5.41, 5.74) is 19.0. The summed E-state index contributed by atoms with van der Waals surface area (Å²) in [6.07, 6.45) is 0.